The van der Waals surface area contributed by atoms with E-state index in [0.29, 0.717) is 41.1 Å². The number of carbonyl (C=O) groups excluding carboxylic acids is 1. The van der Waals surface area contributed by atoms with Crippen LogP contribution in [-0.2, 0) is 4.79 Å². The standard InChI is InChI=1S/C25H23FN6O3/c1-2-20(33)31-13-5-6-15(14-31)22-21-23(24(27)28-29-25(21)34)32(30-22)16-9-11-17(12-10-16)35-19-8-4-3-7-18(19)26/h2-4,7-12,15H,1,5-6,13-14H2,(H2,27,28)(H,29,34)/t15-/m0/s1. The number of aromatic nitrogens is 4. The molecule has 0 bridgehead atoms. The number of rotatable bonds is 5. The maximum Gasteiger partial charge on any atom is 0.275 e. The van der Waals surface area contributed by atoms with E-state index < -0.39 is 11.4 Å². The number of nitrogens with zero attached hydrogens (tertiary/aromatic N) is 4. The number of aromatic amines is 1. The van der Waals surface area contributed by atoms with Crippen LogP contribution in [0.4, 0.5) is 10.2 Å². The molecule has 0 aliphatic carbocycles. The van der Waals surface area contributed by atoms with Crippen molar-refractivity contribution in [1.82, 2.24) is 24.9 Å². The number of fused-ring (bicyclic) bond motifs is 1. The van der Waals surface area contributed by atoms with Crippen molar-refractivity contribution in [2.75, 3.05) is 18.8 Å². The number of ether oxygens (including phenoxy) is 1. The number of amides is 1. The Morgan fingerprint density at radius 1 is 1.23 bits per heavy atom. The zero-order chi connectivity index (χ0) is 24.5. The molecule has 2 aromatic carbocycles. The number of nitrogen functional groups attached to an aromatic ring is 1. The molecule has 5 rings (SSSR count). The molecule has 35 heavy (non-hydrogen) atoms. The second kappa shape index (κ2) is 9.05. The molecule has 1 amide bonds. The van der Waals surface area contributed by atoms with E-state index >= 15 is 0 Å². The van der Waals surface area contributed by atoms with E-state index in [-0.39, 0.29) is 23.4 Å². The molecule has 9 nitrogen and oxygen atoms in total. The molecule has 10 heteroatoms. The molecular weight excluding hydrogens is 451 g/mol. The zero-order valence-electron chi connectivity index (χ0n) is 18.8. The molecule has 0 radical (unpaired) electrons. The van der Waals surface area contributed by atoms with Gasteiger partial charge in [0.15, 0.2) is 17.4 Å². The van der Waals surface area contributed by atoms with Gasteiger partial charge >= 0.3 is 0 Å². The number of para-hydroxylation sites is 1. The summed E-state index contributed by atoms with van der Waals surface area (Å²) in [6.07, 6.45) is 2.84. The predicted octanol–water partition coefficient (Wildman–Crippen LogP) is 3.51. The summed E-state index contributed by atoms with van der Waals surface area (Å²) in [4.78, 5) is 26.7. The number of anilines is 1. The molecule has 3 heterocycles. The smallest absolute Gasteiger partial charge is 0.275 e. The number of halogens is 1. The SMILES string of the molecule is C=CC(=O)N1CCC[C@H](c2nn(-c3ccc(Oc4ccccc4F)cc3)c3c(N)n[nH]c(=O)c23)C1. The summed E-state index contributed by atoms with van der Waals surface area (Å²) in [5.41, 5.74) is 7.33. The van der Waals surface area contributed by atoms with Gasteiger partial charge in [0.05, 0.1) is 16.8 Å². The fourth-order valence-corrected chi connectivity index (χ4v) is 4.43. The van der Waals surface area contributed by atoms with Gasteiger partial charge in [-0.3, -0.25) is 9.59 Å². The number of benzene rings is 2. The minimum atomic E-state index is -0.464. The molecule has 0 spiro atoms. The highest BCUT2D eigenvalue weighted by atomic mass is 19.1. The van der Waals surface area contributed by atoms with E-state index in [1.54, 1.807) is 52.0 Å². The summed E-state index contributed by atoms with van der Waals surface area (Å²) in [6, 6.07) is 13.0. The minimum Gasteiger partial charge on any atom is -0.454 e. The van der Waals surface area contributed by atoms with Crippen molar-refractivity contribution < 1.29 is 13.9 Å². The van der Waals surface area contributed by atoms with Gasteiger partial charge in [-0.15, -0.1) is 0 Å². The van der Waals surface area contributed by atoms with Crippen molar-refractivity contribution in [2.45, 2.75) is 18.8 Å². The molecule has 3 N–H and O–H groups in total. The van der Waals surface area contributed by atoms with Gasteiger partial charge in [-0.25, -0.2) is 14.2 Å². The molecule has 0 unspecified atom stereocenters. The summed E-state index contributed by atoms with van der Waals surface area (Å²) < 4.78 is 21.1. The summed E-state index contributed by atoms with van der Waals surface area (Å²) in [5.74, 6) is -0.0936. The summed E-state index contributed by atoms with van der Waals surface area (Å²) >= 11 is 0. The van der Waals surface area contributed by atoms with E-state index in [1.807, 2.05) is 0 Å². The molecule has 1 saturated heterocycles. The number of nitrogens with one attached hydrogen (secondary N) is 1. The first kappa shape index (κ1) is 22.3. The van der Waals surface area contributed by atoms with Gasteiger partial charge in [0.25, 0.3) is 5.56 Å². The highest BCUT2D eigenvalue weighted by Crippen LogP contribution is 2.33. The Labute approximate surface area is 199 Å². The number of H-pyrrole nitrogens is 1. The number of nitrogens with two attached hydrogens (primary N) is 1. The third kappa shape index (κ3) is 4.14. The second-order valence-electron chi connectivity index (χ2n) is 8.31. The summed E-state index contributed by atoms with van der Waals surface area (Å²) in [6.45, 7) is 4.62. The average Bonchev–Trinajstić information content (AvgIpc) is 3.30. The van der Waals surface area contributed by atoms with Gasteiger partial charge < -0.3 is 15.4 Å². The van der Waals surface area contributed by atoms with Gasteiger partial charge in [0, 0.05) is 19.0 Å². The Bertz CT molecular complexity index is 1480. The molecule has 178 valence electrons. The highest BCUT2D eigenvalue weighted by molar-refractivity contribution is 5.91. The van der Waals surface area contributed by atoms with Gasteiger partial charge in [0.2, 0.25) is 5.91 Å². The first-order valence-electron chi connectivity index (χ1n) is 11.2. The van der Waals surface area contributed by atoms with Crippen LogP contribution in [0.5, 0.6) is 11.5 Å². The van der Waals surface area contributed by atoms with Crippen LogP contribution in [-0.4, -0.2) is 43.9 Å². The summed E-state index contributed by atoms with van der Waals surface area (Å²) in [5, 5.41) is 11.5. The van der Waals surface area contributed by atoms with Crippen molar-refractivity contribution in [1.29, 1.82) is 0 Å². The predicted molar refractivity (Wildman–Crippen MR) is 129 cm³/mol. The summed E-state index contributed by atoms with van der Waals surface area (Å²) in [7, 11) is 0. The molecule has 1 aliphatic heterocycles. The van der Waals surface area contributed by atoms with Crippen molar-refractivity contribution in [3.05, 3.63) is 83.1 Å². The van der Waals surface area contributed by atoms with Crippen LogP contribution in [0.1, 0.15) is 24.5 Å². The lowest BCUT2D eigenvalue weighted by Gasteiger charge is -2.31. The molecular formula is C25H23FN6O3. The van der Waals surface area contributed by atoms with Crippen LogP contribution in [0.15, 0.2) is 66.0 Å². The fourth-order valence-electron chi connectivity index (χ4n) is 4.43. The fraction of sp³-hybridized carbons (Fsp3) is 0.200. The van der Waals surface area contributed by atoms with Crippen molar-refractivity contribution in [2.24, 2.45) is 0 Å². The van der Waals surface area contributed by atoms with Crippen LogP contribution < -0.4 is 16.0 Å². The molecule has 1 atom stereocenters. The van der Waals surface area contributed by atoms with E-state index in [4.69, 9.17) is 15.6 Å². The number of hydrogen-bond donors (Lipinski definition) is 2. The van der Waals surface area contributed by atoms with Gasteiger partial charge in [-0.2, -0.15) is 10.2 Å². The Morgan fingerprint density at radius 3 is 2.74 bits per heavy atom. The van der Waals surface area contributed by atoms with Crippen LogP contribution in [0.2, 0.25) is 0 Å². The number of hydrogen-bond acceptors (Lipinski definition) is 6. The molecule has 4 aromatic rings. The number of carbonyl (C=O) groups is 1. The van der Waals surface area contributed by atoms with E-state index in [0.717, 1.165) is 12.8 Å². The van der Waals surface area contributed by atoms with Crippen molar-refractivity contribution >= 4 is 22.6 Å². The van der Waals surface area contributed by atoms with E-state index in [9.17, 15) is 14.0 Å². The first-order chi connectivity index (χ1) is 17.0. The van der Waals surface area contributed by atoms with Crippen LogP contribution in [0, 0.1) is 5.82 Å². The van der Waals surface area contributed by atoms with E-state index in [1.165, 1.54) is 12.1 Å². The third-order valence-corrected chi connectivity index (χ3v) is 6.10. The third-order valence-electron chi connectivity index (χ3n) is 6.10. The second-order valence-corrected chi connectivity index (χ2v) is 8.31. The van der Waals surface area contributed by atoms with Crippen LogP contribution in [0.3, 0.4) is 0 Å². The van der Waals surface area contributed by atoms with Gasteiger partial charge in [-0.1, -0.05) is 18.7 Å². The molecule has 2 aromatic heterocycles. The number of likely N-dealkylation sites (tertiary alicyclic amines) is 1. The monoisotopic (exact) mass is 474 g/mol. The normalized spacial score (nSPS) is 15.8. The Hall–Kier alpha value is -4.47. The molecule has 1 fully saturated rings. The lowest BCUT2D eigenvalue weighted by molar-refractivity contribution is -0.127. The van der Waals surface area contributed by atoms with Crippen LogP contribution in [0.25, 0.3) is 16.6 Å². The average molecular weight is 474 g/mol. The Balaban J connectivity index is 1.54. The van der Waals surface area contributed by atoms with Crippen molar-refractivity contribution in [3.8, 4) is 17.2 Å². The zero-order valence-corrected chi connectivity index (χ0v) is 18.8. The first-order valence-corrected chi connectivity index (χ1v) is 11.2. The number of piperidine rings is 1. The minimum absolute atomic E-state index is 0.114. The van der Waals surface area contributed by atoms with E-state index in [2.05, 4.69) is 16.8 Å². The van der Waals surface area contributed by atoms with Crippen molar-refractivity contribution in [3.63, 3.8) is 0 Å². The highest BCUT2D eigenvalue weighted by Gasteiger charge is 2.30. The lowest BCUT2D eigenvalue weighted by Crippen LogP contribution is -2.38. The largest absolute Gasteiger partial charge is 0.454 e. The lowest BCUT2D eigenvalue weighted by atomic mass is 9.93. The maximum absolute atomic E-state index is 13.9. The topological polar surface area (TPSA) is 119 Å². The quantitative estimate of drug-likeness (QED) is 0.427. The maximum atomic E-state index is 13.9. The van der Waals surface area contributed by atoms with Crippen LogP contribution >= 0.6 is 0 Å². The Morgan fingerprint density at radius 2 is 2.00 bits per heavy atom. The van der Waals surface area contributed by atoms with Gasteiger partial charge in [-0.05, 0) is 55.3 Å². The Kier molecular flexibility index (Phi) is 5.77. The molecule has 1 aliphatic rings. The molecule has 0 saturated carbocycles. The van der Waals surface area contributed by atoms with Gasteiger partial charge in [0.1, 0.15) is 11.3 Å².